The molecule has 1 aliphatic rings. The second-order valence-electron chi connectivity index (χ2n) is 6.13. The Hall–Kier alpha value is -3.59. The van der Waals surface area contributed by atoms with Crippen LogP contribution in [0, 0.1) is 0 Å². The van der Waals surface area contributed by atoms with E-state index in [0.29, 0.717) is 32.6 Å². The molecule has 1 heterocycles. The maximum absolute atomic E-state index is 12.6. The standard InChI is InChI=1S/C21H18N2O6S/c1-23-19(26)17(11-14-5-3-4-6-16(14)29-12-18(24)25)30-21(23)22-15-9-7-13(8-10-15)20(27)28-2/h3-11H,12H2,1-2H3,(H,24,25)/b17-11-,22-21?. The molecule has 2 aromatic rings. The van der Waals surface area contributed by atoms with Gasteiger partial charge in [0, 0.05) is 12.6 Å². The first kappa shape index (κ1) is 21.1. The highest BCUT2D eigenvalue weighted by Gasteiger charge is 2.30. The number of hydrogen-bond donors (Lipinski definition) is 1. The summed E-state index contributed by atoms with van der Waals surface area (Å²) < 4.78 is 9.96. The molecular formula is C21H18N2O6S. The van der Waals surface area contributed by atoms with Gasteiger partial charge in [-0.3, -0.25) is 9.69 Å². The van der Waals surface area contributed by atoms with Crippen molar-refractivity contribution in [2.24, 2.45) is 4.99 Å². The molecule has 0 unspecified atom stereocenters. The molecule has 3 rings (SSSR count). The summed E-state index contributed by atoms with van der Waals surface area (Å²) in [4.78, 5) is 41.2. The Labute approximate surface area is 176 Å². The molecule has 1 saturated heterocycles. The van der Waals surface area contributed by atoms with Crippen LogP contribution in [0.5, 0.6) is 5.75 Å². The van der Waals surface area contributed by atoms with Gasteiger partial charge in [0.25, 0.3) is 5.91 Å². The van der Waals surface area contributed by atoms with E-state index in [1.54, 1.807) is 61.7 Å². The fourth-order valence-corrected chi connectivity index (χ4v) is 3.54. The van der Waals surface area contributed by atoms with E-state index in [1.807, 2.05) is 0 Å². The van der Waals surface area contributed by atoms with Crippen molar-refractivity contribution >= 4 is 46.5 Å². The molecule has 0 spiro atoms. The van der Waals surface area contributed by atoms with Crippen molar-refractivity contribution in [1.82, 2.24) is 4.90 Å². The molecule has 1 N–H and O–H groups in total. The van der Waals surface area contributed by atoms with Crippen LogP contribution in [0.4, 0.5) is 5.69 Å². The average molecular weight is 426 g/mol. The first-order valence-electron chi connectivity index (χ1n) is 8.77. The van der Waals surface area contributed by atoms with E-state index in [4.69, 9.17) is 9.84 Å². The molecule has 1 aliphatic heterocycles. The topological polar surface area (TPSA) is 106 Å². The lowest BCUT2D eigenvalue weighted by Gasteiger charge is -2.08. The predicted octanol–water partition coefficient (Wildman–Crippen LogP) is 3.17. The largest absolute Gasteiger partial charge is 0.481 e. The number of likely N-dealkylation sites (N-methyl/N-ethyl adjacent to an activating group) is 1. The number of amides is 1. The number of ether oxygens (including phenoxy) is 2. The molecule has 0 bridgehead atoms. The third kappa shape index (κ3) is 4.87. The lowest BCUT2D eigenvalue weighted by atomic mass is 10.2. The zero-order chi connectivity index (χ0) is 21.7. The van der Waals surface area contributed by atoms with Gasteiger partial charge >= 0.3 is 11.9 Å². The molecule has 0 aliphatic carbocycles. The van der Waals surface area contributed by atoms with Crippen molar-refractivity contribution in [3.05, 3.63) is 64.6 Å². The Bertz CT molecular complexity index is 1050. The Balaban J connectivity index is 1.83. The van der Waals surface area contributed by atoms with Gasteiger partial charge in [-0.05, 0) is 48.2 Å². The van der Waals surface area contributed by atoms with Crippen molar-refractivity contribution in [3.8, 4) is 5.75 Å². The lowest BCUT2D eigenvalue weighted by molar-refractivity contribution is -0.139. The third-order valence-corrected chi connectivity index (χ3v) is 5.13. The van der Waals surface area contributed by atoms with E-state index < -0.39 is 18.5 Å². The van der Waals surface area contributed by atoms with Crippen LogP contribution in [0.25, 0.3) is 6.08 Å². The van der Waals surface area contributed by atoms with Gasteiger partial charge in [-0.15, -0.1) is 0 Å². The van der Waals surface area contributed by atoms with E-state index in [-0.39, 0.29) is 5.91 Å². The molecule has 30 heavy (non-hydrogen) atoms. The van der Waals surface area contributed by atoms with Gasteiger partial charge in [0.05, 0.1) is 23.3 Å². The number of carboxylic acid groups (broad SMARTS) is 1. The normalized spacial score (nSPS) is 16.2. The minimum atomic E-state index is -1.09. The summed E-state index contributed by atoms with van der Waals surface area (Å²) in [6.45, 7) is -0.477. The molecule has 1 fully saturated rings. The van der Waals surface area contributed by atoms with Crippen LogP contribution in [0.1, 0.15) is 15.9 Å². The number of methoxy groups -OCH3 is 1. The molecule has 0 radical (unpaired) electrons. The van der Waals surface area contributed by atoms with Crippen LogP contribution in [0.3, 0.4) is 0 Å². The number of aliphatic carboxylic acids is 1. The second-order valence-corrected chi connectivity index (χ2v) is 7.14. The summed E-state index contributed by atoms with van der Waals surface area (Å²) in [6.07, 6.45) is 1.64. The summed E-state index contributed by atoms with van der Waals surface area (Å²) in [5.74, 6) is -1.40. The molecule has 8 nitrogen and oxygen atoms in total. The minimum absolute atomic E-state index is 0.238. The van der Waals surface area contributed by atoms with E-state index in [1.165, 1.54) is 23.8 Å². The first-order valence-corrected chi connectivity index (χ1v) is 9.59. The molecule has 2 aromatic carbocycles. The third-order valence-electron chi connectivity index (χ3n) is 4.07. The highest BCUT2D eigenvalue weighted by atomic mass is 32.2. The van der Waals surface area contributed by atoms with Crippen LogP contribution < -0.4 is 4.74 Å². The zero-order valence-corrected chi connectivity index (χ0v) is 17.0. The number of benzene rings is 2. The number of carbonyl (C=O) groups excluding carboxylic acids is 2. The van der Waals surface area contributed by atoms with E-state index >= 15 is 0 Å². The van der Waals surface area contributed by atoms with Crippen molar-refractivity contribution in [1.29, 1.82) is 0 Å². The van der Waals surface area contributed by atoms with E-state index in [0.717, 1.165) is 0 Å². The summed E-state index contributed by atoms with van der Waals surface area (Å²) >= 11 is 1.19. The number of hydrogen-bond acceptors (Lipinski definition) is 7. The van der Waals surface area contributed by atoms with Gasteiger partial charge < -0.3 is 14.6 Å². The van der Waals surface area contributed by atoms with Gasteiger partial charge in [0.1, 0.15) is 5.75 Å². The van der Waals surface area contributed by atoms with Crippen molar-refractivity contribution in [2.45, 2.75) is 0 Å². The molecule has 0 saturated carbocycles. The average Bonchev–Trinajstić information content (AvgIpc) is 3.00. The number of esters is 1. The summed E-state index contributed by atoms with van der Waals surface area (Å²) in [5, 5.41) is 9.29. The lowest BCUT2D eigenvalue weighted by Crippen LogP contribution is -2.23. The predicted molar refractivity (Wildman–Crippen MR) is 113 cm³/mol. The molecule has 0 atom stereocenters. The summed E-state index contributed by atoms with van der Waals surface area (Å²) in [5.41, 5.74) is 1.58. The smallest absolute Gasteiger partial charge is 0.341 e. The van der Waals surface area contributed by atoms with E-state index in [2.05, 4.69) is 9.73 Å². The summed E-state index contributed by atoms with van der Waals surface area (Å²) in [6, 6.07) is 13.4. The number of amidine groups is 1. The van der Waals surface area contributed by atoms with Gasteiger partial charge in [-0.2, -0.15) is 0 Å². The highest BCUT2D eigenvalue weighted by Crippen LogP contribution is 2.34. The Morgan fingerprint density at radius 3 is 2.53 bits per heavy atom. The van der Waals surface area contributed by atoms with Crippen molar-refractivity contribution in [3.63, 3.8) is 0 Å². The van der Waals surface area contributed by atoms with Gasteiger partial charge in [0.15, 0.2) is 11.8 Å². The SMILES string of the molecule is COC(=O)c1ccc(N=C2S/C(=C\c3ccccc3OCC(=O)O)C(=O)N2C)cc1. The monoisotopic (exact) mass is 426 g/mol. The molecular weight excluding hydrogens is 408 g/mol. The quantitative estimate of drug-likeness (QED) is 0.559. The Morgan fingerprint density at radius 2 is 1.87 bits per heavy atom. The molecule has 1 amide bonds. The first-order chi connectivity index (χ1) is 14.4. The van der Waals surface area contributed by atoms with Crippen LogP contribution in [0.2, 0.25) is 0 Å². The zero-order valence-electron chi connectivity index (χ0n) is 16.2. The fourth-order valence-electron chi connectivity index (χ4n) is 2.56. The number of para-hydroxylation sites is 1. The molecule has 0 aromatic heterocycles. The number of aliphatic imine (C=N–C) groups is 1. The van der Waals surface area contributed by atoms with Gasteiger partial charge in [-0.25, -0.2) is 14.6 Å². The van der Waals surface area contributed by atoms with Crippen LogP contribution >= 0.6 is 11.8 Å². The van der Waals surface area contributed by atoms with Crippen LogP contribution in [0.15, 0.2) is 58.4 Å². The number of carboxylic acids is 1. The number of rotatable bonds is 6. The highest BCUT2D eigenvalue weighted by molar-refractivity contribution is 8.18. The molecule has 9 heteroatoms. The Kier molecular flexibility index (Phi) is 6.53. The summed E-state index contributed by atoms with van der Waals surface area (Å²) in [7, 11) is 2.93. The van der Waals surface area contributed by atoms with Crippen LogP contribution in [-0.2, 0) is 14.3 Å². The maximum atomic E-state index is 12.6. The van der Waals surface area contributed by atoms with E-state index in [9.17, 15) is 14.4 Å². The van der Waals surface area contributed by atoms with Crippen molar-refractivity contribution in [2.75, 3.05) is 20.8 Å². The number of thioether (sulfide) groups is 1. The maximum Gasteiger partial charge on any atom is 0.341 e. The minimum Gasteiger partial charge on any atom is -0.481 e. The van der Waals surface area contributed by atoms with Gasteiger partial charge in [-0.1, -0.05) is 18.2 Å². The number of nitrogens with zero attached hydrogens (tertiary/aromatic N) is 2. The Morgan fingerprint density at radius 1 is 1.17 bits per heavy atom. The van der Waals surface area contributed by atoms with Gasteiger partial charge in [0.2, 0.25) is 0 Å². The molecule has 154 valence electrons. The second kappa shape index (κ2) is 9.27. The van der Waals surface area contributed by atoms with Crippen molar-refractivity contribution < 1.29 is 29.0 Å². The number of carbonyl (C=O) groups is 3. The fraction of sp³-hybridized carbons (Fsp3) is 0.143. The van der Waals surface area contributed by atoms with Crippen LogP contribution in [-0.4, -0.2) is 53.8 Å².